The SMILES string of the molecule is COc1cccc(C(C(=O)O)N2[C@@H]3CC[C@H]2CC(c2ccccc2)C3)c1. The van der Waals surface area contributed by atoms with E-state index in [1.807, 2.05) is 24.3 Å². The Hall–Kier alpha value is -2.33. The summed E-state index contributed by atoms with van der Waals surface area (Å²) in [7, 11) is 1.62. The maximum atomic E-state index is 12.2. The van der Waals surface area contributed by atoms with E-state index in [0.29, 0.717) is 23.8 Å². The van der Waals surface area contributed by atoms with Gasteiger partial charge in [0.15, 0.2) is 0 Å². The summed E-state index contributed by atoms with van der Waals surface area (Å²) in [4.78, 5) is 14.4. The van der Waals surface area contributed by atoms with Gasteiger partial charge in [0.2, 0.25) is 0 Å². The third kappa shape index (κ3) is 3.10. The molecule has 0 spiro atoms. The van der Waals surface area contributed by atoms with Crippen LogP contribution in [0, 0.1) is 0 Å². The number of methoxy groups -OCH3 is 1. The summed E-state index contributed by atoms with van der Waals surface area (Å²) >= 11 is 0. The molecule has 0 amide bonds. The molecule has 0 radical (unpaired) electrons. The quantitative estimate of drug-likeness (QED) is 0.876. The van der Waals surface area contributed by atoms with Crippen LogP contribution in [0.4, 0.5) is 0 Å². The minimum absolute atomic E-state index is 0.325. The van der Waals surface area contributed by atoms with Gasteiger partial charge in [0.25, 0.3) is 0 Å². The highest BCUT2D eigenvalue weighted by Gasteiger charge is 2.46. The van der Waals surface area contributed by atoms with E-state index in [9.17, 15) is 9.90 Å². The molecule has 0 aliphatic carbocycles. The lowest BCUT2D eigenvalue weighted by molar-refractivity contribution is -0.146. The number of carboxylic acids is 1. The van der Waals surface area contributed by atoms with Crippen molar-refractivity contribution < 1.29 is 14.6 Å². The van der Waals surface area contributed by atoms with Crippen molar-refractivity contribution in [1.29, 1.82) is 0 Å². The molecule has 4 heteroatoms. The van der Waals surface area contributed by atoms with E-state index < -0.39 is 12.0 Å². The Kier molecular flexibility index (Phi) is 4.68. The molecule has 2 aliphatic heterocycles. The molecule has 2 aliphatic rings. The topological polar surface area (TPSA) is 49.8 Å². The standard InChI is InChI=1S/C22H25NO3/c1-26-20-9-5-8-16(14-20)21(22(24)25)23-18-10-11-19(23)13-17(12-18)15-6-3-2-4-7-15/h2-9,14,17-19,21H,10-13H2,1H3,(H,24,25)/t17?,18-,19+,21?. The number of piperidine rings is 1. The third-order valence-corrected chi connectivity index (χ3v) is 6.00. The van der Waals surface area contributed by atoms with Gasteiger partial charge in [-0.15, -0.1) is 0 Å². The Morgan fingerprint density at radius 2 is 1.77 bits per heavy atom. The van der Waals surface area contributed by atoms with E-state index in [2.05, 4.69) is 35.2 Å². The van der Waals surface area contributed by atoms with Gasteiger partial charge in [-0.3, -0.25) is 9.69 Å². The van der Waals surface area contributed by atoms with Crippen molar-refractivity contribution in [3.8, 4) is 5.75 Å². The van der Waals surface area contributed by atoms with Crippen molar-refractivity contribution in [2.45, 2.75) is 49.7 Å². The molecule has 136 valence electrons. The van der Waals surface area contributed by atoms with Crippen molar-refractivity contribution >= 4 is 5.97 Å². The van der Waals surface area contributed by atoms with Crippen molar-refractivity contribution in [3.05, 3.63) is 65.7 Å². The zero-order valence-corrected chi connectivity index (χ0v) is 15.0. The van der Waals surface area contributed by atoms with E-state index in [4.69, 9.17) is 4.74 Å². The molecule has 2 heterocycles. The van der Waals surface area contributed by atoms with Crippen LogP contribution in [0.3, 0.4) is 0 Å². The lowest BCUT2D eigenvalue weighted by Crippen LogP contribution is -2.47. The van der Waals surface area contributed by atoms with Crippen LogP contribution in [0.25, 0.3) is 0 Å². The van der Waals surface area contributed by atoms with E-state index >= 15 is 0 Å². The van der Waals surface area contributed by atoms with Crippen molar-refractivity contribution in [2.24, 2.45) is 0 Å². The Bertz CT molecular complexity index is 762. The monoisotopic (exact) mass is 351 g/mol. The number of hydrogen-bond acceptors (Lipinski definition) is 3. The van der Waals surface area contributed by atoms with Crippen LogP contribution in [0.15, 0.2) is 54.6 Å². The molecule has 4 nitrogen and oxygen atoms in total. The fourth-order valence-electron chi connectivity index (χ4n) is 4.89. The van der Waals surface area contributed by atoms with Gasteiger partial charge in [0.05, 0.1) is 7.11 Å². The number of rotatable bonds is 5. The zero-order valence-electron chi connectivity index (χ0n) is 15.0. The second-order valence-corrected chi connectivity index (χ2v) is 7.43. The highest BCUT2D eigenvalue weighted by atomic mass is 16.5. The maximum Gasteiger partial charge on any atom is 0.325 e. The summed E-state index contributed by atoms with van der Waals surface area (Å²) < 4.78 is 5.30. The highest BCUT2D eigenvalue weighted by Crippen LogP contribution is 2.47. The van der Waals surface area contributed by atoms with Crippen molar-refractivity contribution in [2.75, 3.05) is 7.11 Å². The van der Waals surface area contributed by atoms with Gasteiger partial charge >= 0.3 is 5.97 Å². The van der Waals surface area contributed by atoms with Gasteiger partial charge in [-0.25, -0.2) is 0 Å². The fourth-order valence-corrected chi connectivity index (χ4v) is 4.89. The van der Waals surface area contributed by atoms with Crippen LogP contribution in [0.1, 0.15) is 48.8 Å². The Labute approximate surface area is 154 Å². The van der Waals surface area contributed by atoms with Crippen molar-refractivity contribution in [3.63, 3.8) is 0 Å². The number of fused-ring (bicyclic) bond motifs is 2. The number of carbonyl (C=O) groups is 1. The predicted molar refractivity (Wildman–Crippen MR) is 100 cm³/mol. The molecule has 26 heavy (non-hydrogen) atoms. The first-order chi connectivity index (χ1) is 12.7. The van der Waals surface area contributed by atoms with E-state index in [0.717, 1.165) is 31.2 Å². The normalized spacial score (nSPS) is 26.4. The van der Waals surface area contributed by atoms with Gasteiger partial charge < -0.3 is 9.84 Å². The molecule has 2 saturated heterocycles. The van der Waals surface area contributed by atoms with Crippen LogP contribution < -0.4 is 4.74 Å². The molecule has 2 fully saturated rings. The minimum atomic E-state index is -0.770. The minimum Gasteiger partial charge on any atom is -0.497 e. The van der Waals surface area contributed by atoms with Crippen LogP contribution in [0.5, 0.6) is 5.75 Å². The largest absolute Gasteiger partial charge is 0.497 e. The predicted octanol–water partition coefficient (Wildman–Crippen LogP) is 4.23. The number of ether oxygens (including phenoxy) is 1. The average Bonchev–Trinajstić information content (AvgIpc) is 2.91. The summed E-state index contributed by atoms with van der Waals surface area (Å²) in [6.45, 7) is 0. The molecule has 2 bridgehead atoms. The van der Waals surface area contributed by atoms with E-state index in [1.165, 1.54) is 5.56 Å². The number of aliphatic carboxylic acids is 1. The summed E-state index contributed by atoms with van der Waals surface area (Å²) in [6.07, 6.45) is 4.24. The molecule has 2 aromatic carbocycles. The Morgan fingerprint density at radius 1 is 1.08 bits per heavy atom. The van der Waals surface area contributed by atoms with Crippen LogP contribution >= 0.6 is 0 Å². The second kappa shape index (κ2) is 7.12. The molecule has 0 saturated carbocycles. The first-order valence-corrected chi connectivity index (χ1v) is 9.36. The molecular weight excluding hydrogens is 326 g/mol. The van der Waals surface area contributed by atoms with Gasteiger partial charge in [0.1, 0.15) is 11.8 Å². The average molecular weight is 351 g/mol. The lowest BCUT2D eigenvalue weighted by Gasteiger charge is -2.42. The number of hydrogen-bond donors (Lipinski definition) is 1. The molecule has 2 unspecified atom stereocenters. The Balaban J connectivity index is 1.61. The first-order valence-electron chi connectivity index (χ1n) is 9.36. The number of benzene rings is 2. The molecule has 0 aromatic heterocycles. The van der Waals surface area contributed by atoms with Gasteiger partial charge in [-0.1, -0.05) is 42.5 Å². The molecule has 2 aromatic rings. The number of carboxylic acid groups (broad SMARTS) is 1. The van der Waals surface area contributed by atoms with Gasteiger partial charge in [-0.2, -0.15) is 0 Å². The van der Waals surface area contributed by atoms with Crippen LogP contribution in [-0.2, 0) is 4.79 Å². The highest BCUT2D eigenvalue weighted by molar-refractivity contribution is 5.76. The lowest BCUT2D eigenvalue weighted by atomic mass is 9.83. The molecule has 1 N–H and O–H groups in total. The zero-order chi connectivity index (χ0) is 18.1. The smallest absolute Gasteiger partial charge is 0.325 e. The van der Waals surface area contributed by atoms with Crippen LogP contribution in [0.2, 0.25) is 0 Å². The summed E-state index contributed by atoms with van der Waals surface area (Å²) in [5, 5.41) is 10.0. The molecule has 4 atom stereocenters. The van der Waals surface area contributed by atoms with Crippen LogP contribution in [-0.4, -0.2) is 35.2 Å². The summed E-state index contributed by atoms with van der Waals surface area (Å²) in [5.74, 6) is 0.471. The van der Waals surface area contributed by atoms with Gasteiger partial charge in [-0.05, 0) is 54.9 Å². The maximum absolute atomic E-state index is 12.2. The van der Waals surface area contributed by atoms with E-state index in [1.54, 1.807) is 7.11 Å². The molecular formula is C22H25NO3. The Morgan fingerprint density at radius 3 is 2.38 bits per heavy atom. The first kappa shape index (κ1) is 17.1. The van der Waals surface area contributed by atoms with E-state index in [-0.39, 0.29) is 0 Å². The third-order valence-electron chi connectivity index (χ3n) is 6.00. The molecule has 4 rings (SSSR count). The summed E-state index contributed by atoms with van der Waals surface area (Å²) in [5.41, 5.74) is 2.20. The fraction of sp³-hybridized carbons (Fsp3) is 0.409. The van der Waals surface area contributed by atoms with Gasteiger partial charge in [0, 0.05) is 12.1 Å². The van der Waals surface area contributed by atoms with Crippen molar-refractivity contribution in [1.82, 2.24) is 4.90 Å². The summed E-state index contributed by atoms with van der Waals surface area (Å²) in [6, 6.07) is 18.2. The second-order valence-electron chi connectivity index (χ2n) is 7.43. The number of nitrogens with zero attached hydrogens (tertiary/aromatic N) is 1.